The Morgan fingerprint density at radius 2 is 1.29 bits per heavy atom. The number of hydrogen-bond acceptors (Lipinski definition) is 3. The lowest BCUT2D eigenvalue weighted by molar-refractivity contribution is -0.133. The van der Waals surface area contributed by atoms with Crippen molar-refractivity contribution >= 4 is 5.91 Å². The average Bonchev–Trinajstić information content (AvgIpc) is 2.59. The summed E-state index contributed by atoms with van der Waals surface area (Å²) in [6.45, 7) is 6.89. The van der Waals surface area contributed by atoms with Crippen LogP contribution in [0, 0.1) is 0 Å². The van der Waals surface area contributed by atoms with Gasteiger partial charge in [-0.2, -0.15) is 0 Å². The Balaban J connectivity index is 4.23. The van der Waals surface area contributed by atoms with Crippen LogP contribution in [0.25, 0.3) is 0 Å². The lowest BCUT2D eigenvalue weighted by atomic mass is 10.1. The van der Waals surface area contributed by atoms with Gasteiger partial charge in [-0.1, -0.05) is 71.6 Å². The Bertz CT molecular complexity index is 270. The third-order valence-electron chi connectivity index (χ3n) is 4.66. The summed E-state index contributed by atoms with van der Waals surface area (Å²) in [5, 5.41) is 0. The molecule has 0 aliphatic rings. The van der Waals surface area contributed by atoms with E-state index in [0.29, 0.717) is 6.54 Å². The van der Waals surface area contributed by atoms with Crippen molar-refractivity contribution < 1.29 is 4.79 Å². The lowest BCUT2D eigenvalue weighted by Gasteiger charge is -2.26. The Morgan fingerprint density at radius 3 is 1.75 bits per heavy atom. The van der Waals surface area contributed by atoms with Crippen LogP contribution in [0.3, 0.4) is 0 Å². The fourth-order valence-electron chi connectivity index (χ4n) is 3.01. The lowest BCUT2D eigenvalue weighted by Crippen LogP contribution is -2.44. The van der Waals surface area contributed by atoms with Gasteiger partial charge in [-0.15, -0.1) is 0 Å². The van der Waals surface area contributed by atoms with Crippen LogP contribution in [0.1, 0.15) is 97.3 Å². The van der Waals surface area contributed by atoms with Gasteiger partial charge >= 0.3 is 0 Å². The maximum Gasteiger partial charge on any atom is 0.239 e. The van der Waals surface area contributed by atoms with E-state index in [1.807, 2.05) is 4.90 Å². The Kier molecular flexibility index (Phi) is 16.8. The molecule has 0 spiro atoms. The Labute approximate surface area is 150 Å². The molecule has 0 saturated carbocycles. The number of hydrogen-bond donors (Lipinski definition) is 2. The van der Waals surface area contributed by atoms with Crippen molar-refractivity contribution in [2.75, 3.05) is 19.6 Å². The number of unbranched alkanes of at least 4 members (excludes halogenated alkanes) is 9. The summed E-state index contributed by atoms with van der Waals surface area (Å²) in [6, 6.07) is -0.345. The van der Waals surface area contributed by atoms with E-state index in [1.54, 1.807) is 0 Å². The predicted octanol–water partition coefficient (Wildman–Crippen LogP) is 4.21. The van der Waals surface area contributed by atoms with Crippen molar-refractivity contribution in [3.8, 4) is 0 Å². The quantitative estimate of drug-likeness (QED) is 0.389. The Hall–Kier alpha value is -0.610. The number of amides is 1. The van der Waals surface area contributed by atoms with Crippen molar-refractivity contribution in [2.45, 2.75) is 103 Å². The van der Waals surface area contributed by atoms with Crippen LogP contribution in [-0.2, 0) is 4.79 Å². The molecule has 0 rings (SSSR count). The van der Waals surface area contributed by atoms with Crippen LogP contribution in [0.2, 0.25) is 0 Å². The molecule has 0 heterocycles. The van der Waals surface area contributed by atoms with Gasteiger partial charge in [-0.05, 0) is 32.2 Å². The summed E-state index contributed by atoms with van der Waals surface area (Å²) >= 11 is 0. The van der Waals surface area contributed by atoms with Crippen LogP contribution in [0.15, 0.2) is 0 Å². The van der Waals surface area contributed by atoms with E-state index in [4.69, 9.17) is 11.5 Å². The molecule has 1 amide bonds. The van der Waals surface area contributed by atoms with E-state index in [0.717, 1.165) is 45.2 Å². The fraction of sp³-hybridized carbons (Fsp3) is 0.950. The van der Waals surface area contributed by atoms with Crippen molar-refractivity contribution in [2.24, 2.45) is 11.5 Å². The molecule has 0 radical (unpaired) electrons. The predicted molar refractivity (Wildman–Crippen MR) is 105 cm³/mol. The highest BCUT2D eigenvalue weighted by Crippen LogP contribution is 2.10. The van der Waals surface area contributed by atoms with Gasteiger partial charge in [-0.25, -0.2) is 0 Å². The summed E-state index contributed by atoms with van der Waals surface area (Å²) in [5.74, 6) is 0.151. The highest BCUT2D eigenvalue weighted by molar-refractivity contribution is 5.81. The summed E-state index contributed by atoms with van der Waals surface area (Å²) in [4.78, 5) is 14.7. The van der Waals surface area contributed by atoms with Crippen LogP contribution >= 0.6 is 0 Å². The standard InChI is InChI=1S/C20H43N3O/c1-3-5-7-9-13-17-23(18-14-10-8-6-4-2)20(24)19(22)15-11-12-16-21/h19H,3-18,21-22H2,1-2H3/t19-/m0/s1. The van der Waals surface area contributed by atoms with Gasteiger partial charge in [0.2, 0.25) is 5.91 Å². The molecule has 0 aromatic heterocycles. The molecule has 4 nitrogen and oxygen atoms in total. The molecule has 0 aliphatic carbocycles. The highest BCUT2D eigenvalue weighted by Gasteiger charge is 2.19. The normalized spacial score (nSPS) is 12.3. The third-order valence-corrected chi connectivity index (χ3v) is 4.66. The second-order valence-electron chi connectivity index (χ2n) is 7.04. The van der Waals surface area contributed by atoms with E-state index >= 15 is 0 Å². The monoisotopic (exact) mass is 341 g/mol. The number of carbonyl (C=O) groups excluding carboxylic acids is 1. The zero-order valence-electron chi connectivity index (χ0n) is 16.4. The molecule has 0 bridgehead atoms. The van der Waals surface area contributed by atoms with Gasteiger partial charge in [0.05, 0.1) is 6.04 Å². The molecule has 0 aromatic rings. The molecular weight excluding hydrogens is 298 g/mol. The highest BCUT2D eigenvalue weighted by atomic mass is 16.2. The maximum absolute atomic E-state index is 12.6. The van der Waals surface area contributed by atoms with E-state index in [-0.39, 0.29) is 11.9 Å². The van der Waals surface area contributed by atoms with Crippen molar-refractivity contribution in [1.29, 1.82) is 0 Å². The first-order valence-corrected chi connectivity index (χ1v) is 10.4. The first kappa shape index (κ1) is 23.4. The van der Waals surface area contributed by atoms with E-state index in [2.05, 4.69) is 13.8 Å². The molecule has 4 heteroatoms. The van der Waals surface area contributed by atoms with Crippen molar-refractivity contribution in [3.05, 3.63) is 0 Å². The largest absolute Gasteiger partial charge is 0.341 e. The van der Waals surface area contributed by atoms with E-state index in [1.165, 1.54) is 51.4 Å². The second kappa shape index (κ2) is 17.2. The molecule has 0 aliphatic heterocycles. The molecule has 0 saturated heterocycles. The minimum absolute atomic E-state index is 0.151. The van der Waals surface area contributed by atoms with Gasteiger partial charge < -0.3 is 16.4 Å². The molecule has 0 unspecified atom stereocenters. The van der Waals surface area contributed by atoms with Gasteiger partial charge in [0.15, 0.2) is 0 Å². The number of nitrogens with zero attached hydrogens (tertiary/aromatic N) is 1. The fourth-order valence-corrected chi connectivity index (χ4v) is 3.01. The SMILES string of the molecule is CCCCCCCN(CCCCCCC)C(=O)[C@@H](N)CCCCN. The van der Waals surface area contributed by atoms with Gasteiger partial charge in [-0.3, -0.25) is 4.79 Å². The van der Waals surface area contributed by atoms with Crippen LogP contribution in [0.5, 0.6) is 0 Å². The van der Waals surface area contributed by atoms with Crippen LogP contribution in [0.4, 0.5) is 0 Å². The summed E-state index contributed by atoms with van der Waals surface area (Å²) < 4.78 is 0. The number of rotatable bonds is 17. The molecular formula is C20H43N3O. The minimum atomic E-state index is -0.345. The van der Waals surface area contributed by atoms with Gasteiger partial charge in [0, 0.05) is 13.1 Å². The zero-order valence-corrected chi connectivity index (χ0v) is 16.4. The van der Waals surface area contributed by atoms with Crippen molar-refractivity contribution in [3.63, 3.8) is 0 Å². The second-order valence-corrected chi connectivity index (χ2v) is 7.04. The topological polar surface area (TPSA) is 72.3 Å². The molecule has 4 N–H and O–H groups in total. The number of carbonyl (C=O) groups is 1. The smallest absolute Gasteiger partial charge is 0.239 e. The van der Waals surface area contributed by atoms with Crippen LogP contribution < -0.4 is 11.5 Å². The first-order valence-electron chi connectivity index (χ1n) is 10.4. The number of nitrogens with two attached hydrogens (primary N) is 2. The maximum atomic E-state index is 12.6. The first-order chi connectivity index (χ1) is 11.7. The van der Waals surface area contributed by atoms with E-state index in [9.17, 15) is 4.79 Å². The summed E-state index contributed by atoms with van der Waals surface area (Å²) in [5.41, 5.74) is 11.7. The van der Waals surface area contributed by atoms with Gasteiger partial charge in [0.1, 0.15) is 0 Å². The van der Waals surface area contributed by atoms with Gasteiger partial charge in [0.25, 0.3) is 0 Å². The van der Waals surface area contributed by atoms with Crippen LogP contribution in [-0.4, -0.2) is 36.5 Å². The van der Waals surface area contributed by atoms with E-state index < -0.39 is 0 Å². The summed E-state index contributed by atoms with van der Waals surface area (Å²) in [6.07, 6.45) is 15.0. The zero-order chi connectivity index (χ0) is 18.0. The minimum Gasteiger partial charge on any atom is -0.341 e. The summed E-state index contributed by atoms with van der Waals surface area (Å²) in [7, 11) is 0. The molecule has 0 fully saturated rings. The average molecular weight is 342 g/mol. The molecule has 24 heavy (non-hydrogen) atoms. The Morgan fingerprint density at radius 1 is 0.792 bits per heavy atom. The molecule has 1 atom stereocenters. The van der Waals surface area contributed by atoms with Crippen molar-refractivity contribution in [1.82, 2.24) is 4.90 Å². The molecule has 144 valence electrons. The molecule has 0 aromatic carbocycles. The third kappa shape index (κ3) is 12.8.